The highest BCUT2D eigenvalue weighted by atomic mass is 16.5. The number of rotatable bonds is 7. The third-order valence-corrected chi connectivity index (χ3v) is 3.51. The molecule has 1 heterocycles. The number of benzene rings is 1. The Hall–Kier alpha value is -2.01. The zero-order valence-corrected chi connectivity index (χ0v) is 12.0. The number of ether oxygens (including phenoxy) is 1. The molecule has 0 saturated heterocycles. The smallest absolute Gasteiger partial charge is 0.234 e. The minimum Gasteiger partial charge on any atom is -0.366 e. The van der Waals surface area contributed by atoms with Crippen LogP contribution in [0.2, 0.25) is 0 Å². The molecule has 1 unspecified atom stereocenters. The van der Waals surface area contributed by atoms with Crippen molar-refractivity contribution in [2.75, 3.05) is 6.61 Å². The molecule has 0 amide bonds. The highest BCUT2D eigenvalue weighted by Crippen LogP contribution is 2.31. The van der Waals surface area contributed by atoms with Crippen molar-refractivity contribution in [1.82, 2.24) is 10.1 Å². The Morgan fingerprint density at radius 1 is 1.38 bits per heavy atom. The molecule has 3 rings (SSSR count). The lowest BCUT2D eigenvalue weighted by atomic mass is 10.1. The molecule has 0 aliphatic heterocycles. The molecule has 0 bridgehead atoms. The van der Waals surface area contributed by atoms with Crippen LogP contribution in [-0.4, -0.2) is 22.5 Å². The van der Waals surface area contributed by atoms with Gasteiger partial charge in [-0.25, -0.2) is 0 Å². The summed E-state index contributed by atoms with van der Waals surface area (Å²) in [5.41, 5.74) is 0.972. The van der Waals surface area contributed by atoms with Gasteiger partial charge in [0.2, 0.25) is 11.7 Å². The normalized spacial score (nSPS) is 15.9. The topological polar surface area (TPSA) is 65.2 Å². The first kappa shape index (κ1) is 13.9. The van der Waals surface area contributed by atoms with Crippen LogP contribution in [-0.2, 0) is 16.0 Å². The third kappa shape index (κ3) is 3.36. The van der Waals surface area contributed by atoms with E-state index >= 15 is 0 Å². The van der Waals surface area contributed by atoms with Crippen molar-refractivity contribution < 1.29 is 14.1 Å². The monoisotopic (exact) mass is 286 g/mol. The molecule has 1 aromatic heterocycles. The Balaban J connectivity index is 1.76. The number of hydrogen-bond donors (Lipinski definition) is 0. The first-order valence-corrected chi connectivity index (χ1v) is 7.29. The molecular weight excluding hydrogens is 268 g/mol. The van der Waals surface area contributed by atoms with Crippen LogP contribution < -0.4 is 0 Å². The van der Waals surface area contributed by atoms with Crippen molar-refractivity contribution in [2.24, 2.45) is 5.92 Å². The number of aromatic nitrogens is 2. The Morgan fingerprint density at radius 3 is 2.81 bits per heavy atom. The van der Waals surface area contributed by atoms with Crippen LogP contribution in [0.25, 0.3) is 0 Å². The lowest BCUT2D eigenvalue weighted by molar-refractivity contribution is -0.119. The molecule has 0 radical (unpaired) electrons. The maximum Gasteiger partial charge on any atom is 0.234 e. The number of ketones is 1. The maximum atomic E-state index is 11.8. The average molecular weight is 286 g/mol. The zero-order valence-electron chi connectivity index (χ0n) is 12.0. The predicted molar refractivity (Wildman–Crippen MR) is 75.6 cm³/mol. The first-order chi connectivity index (χ1) is 10.3. The van der Waals surface area contributed by atoms with E-state index in [1.165, 1.54) is 0 Å². The summed E-state index contributed by atoms with van der Waals surface area (Å²) in [6.45, 7) is 2.47. The molecule has 0 N–H and O–H groups in total. The molecule has 1 aliphatic rings. The Labute approximate surface area is 123 Å². The Morgan fingerprint density at radius 2 is 2.14 bits per heavy atom. The Kier molecular flexibility index (Phi) is 4.10. The fourth-order valence-corrected chi connectivity index (χ4v) is 2.26. The summed E-state index contributed by atoms with van der Waals surface area (Å²) in [6, 6.07) is 9.76. The van der Waals surface area contributed by atoms with Crippen LogP contribution in [0.5, 0.6) is 0 Å². The van der Waals surface area contributed by atoms with E-state index in [0.29, 0.717) is 18.3 Å². The van der Waals surface area contributed by atoms with Crippen LogP contribution in [0.4, 0.5) is 0 Å². The molecule has 1 fully saturated rings. The second-order valence-corrected chi connectivity index (χ2v) is 5.21. The van der Waals surface area contributed by atoms with Gasteiger partial charge in [-0.2, -0.15) is 4.98 Å². The SMILES string of the molecule is CCOC(c1ccccc1)c1noc(CC(=O)C2CC2)n1. The average Bonchev–Trinajstić information content (AvgIpc) is 3.27. The molecule has 0 spiro atoms. The number of hydrogen-bond acceptors (Lipinski definition) is 5. The first-order valence-electron chi connectivity index (χ1n) is 7.29. The highest BCUT2D eigenvalue weighted by molar-refractivity contribution is 5.84. The molecule has 1 aliphatic carbocycles. The van der Waals surface area contributed by atoms with Gasteiger partial charge in [-0.1, -0.05) is 35.5 Å². The minimum atomic E-state index is -0.357. The van der Waals surface area contributed by atoms with E-state index in [-0.39, 0.29) is 24.2 Å². The standard InChI is InChI=1S/C16H18N2O3/c1-2-20-15(12-6-4-3-5-7-12)16-17-14(21-18-16)10-13(19)11-8-9-11/h3-7,11,15H,2,8-10H2,1H3. The molecular formula is C16H18N2O3. The zero-order chi connectivity index (χ0) is 14.7. The van der Waals surface area contributed by atoms with Crippen LogP contribution >= 0.6 is 0 Å². The number of nitrogens with zero attached hydrogens (tertiary/aromatic N) is 2. The molecule has 110 valence electrons. The summed E-state index contributed by atoms with van der Waals surface area (Å²) >= 11 is 0. The summed E-state index contributed by atoms with van der Waals surface area (Å²) in [5.74, 6) is 1.25. The fourth-order valence-electron chi connectivity index (χ4n) is 2.26. The van der Waals surface area contributed by atoms with Gasteiger partial charge in [0.15, 0.2) is 0 Å². The van der Waals surface area contributed by atoms with Crippen LogP contribution in [0.3, 0.4) is 0 Å². The molecule has 1 atom stereocenters. The summed E-state index contributed by atoms with van der Waals surface area (Å²) in [4.78, 5) is 16.1. The number of carbonyl (C=O) groups excluding carboxylic acids is 1. The van der Waals surface area contributed by atoms with Gasteiger partial charge >= 0.3 is 0 Å². The van der Waals surface area contributed by atoms with Crippen molar-refractivity contribution >= 4 is 5.78 Å². The van der Waals surface area contributed by atoms with Crippen LogP contribution in [0.1, 0.15) is 43.1 Å². The van der Waals surface area contributed by atoms with E-state index in [2.05, 4.69) is 10.1 Å². The Bertz CT molecular complexity index is 605. The summed E-state index contributed by atoms with van der Waals surface area (Å²) in [7, 11) is 0. The number of Topliss-reactive ketones (excluding diaryl/α,β-unsaturated/α-hetero) is 1. The van der Waals surface area contributed by atoms with Crippen molar-refractivity contribution in [3.05, 3.63) is 47.6 Å². The highest BCUT2D eigenvalue weighted by Gasteiger charge is 2.31. The third-order valence-electron chi connectivity index (χ3n) is 3.51. The van der Waals surface area contributed by atoms with Gasteiger partial charge in [0, 0.05) is 12.5 Å². The van der Waals surface area contributed by atoms with Crippen molar-refractivity contribution in [2.45, 2.75) is 32.3 Å². The van der Waals surface area contributed by atoms with Crippen LogP contribution in [0, 0.1) is 5.92 Å². The molecule has 1 saturated carbocycles. The van der Waals surface area contributed by atoms with Gasteiger partial charge in [-0.15, -0.1) is 0 Å². The van der Waals surface area contributed by atoms with E-state index in [0.717, 1.165) is 18.4 Å². The van der Waals surface area contributed by atoms with Crippen molar-refractivity contribution in [1.29, 1.82) is 0 Å². The molecule has 2 aromatic rings. The molecule has 5 nitrogen and oxygen atoms in total. The van der Waals surface area contributed by atoms with E-state index < -0.39 is 0 Å². The van der Waals surface area contributed by atoms with Gasteiger partial charge < -0.3 is 9.26 Å². The van der Waals surface area contributed by atoms with Gasteiger partial charge in [0.1, 0.15) is 11.9 Å². The molecule has 21 heavy (non-hydrogen) atoms. The van der Waals surface area contributed by atoms with Gasteiger partial charge in [-0.3, -0.25) is 4.79 Å². The van der Waals surface area contributed by atoms with Crippen molar-refractivity contribution in [3.8, 4) is 0 Å². The van der Waals surface area contributed by atoms with Gasteiger partial charge in [-0.05, 0) is 25.3 Å². The largest absolute Gasteiger partial charge is 0.366 e. The molecule has 1 aromatic carbocycles. The van der Waals surface area contributed by atoms with E-state index in [1.807, 2.05) is 37.3 Å². The quantitative estimate of drug-likeness (QED) is 0.783. The maximum absolute atomic E-state index is 11.8. The van der Waals surface area contributed by atoms with E-state index in [9.17, 15) is 4.79 Å². The predicted octanol–water partition coefficient (Wildman–Crippen LogP) is 2.72. The lowest BCUT2D eigenvalue weighted by Gasteiger charge is -2.13. The lowest BCUT2D eigenvalue weighted by Crippen LogP contribution is -2.09. The second-order valence-electron chi connectivity index (χ2n) is 5.21. The number of carbonyl (C=O) groups is 1. The van der Waals surface area contributed by atoms with Gasteiger partial charge in [0.25, 0.3) is 0 Å². The van der Waals surface area contributed by atoms with Gasteiger partial charge in [0.05, 0.1) is 6.42 Å². The second kappa shape index (κ2) is 6.18. The minimum absolute atomic E-state index is 0.192. The van der Waals surface area contributed by atoms with Crippen molar-refractivity contribution in [3.63, 3.8) is 0 Å². The summed E-state index contributed by atoms with van der Waals surface area (Å²) < 4.78 is 10.9. The van der Waals surface area contributed by atoms with Crippen LogP contribution in [0.15, 0.2) is 34.9 Å². The van der Waals surface area contributed by atoms with E-state index in [1.54, 1.807) is 0 Å². The summed E-state index contributed by atoms with van der Waals surface area (Å²) in [5, 5.41) is 3.98. The van der Waals surface area contributed by atoms with E-state index in [4.69, 9.17) is 9.26 Å². The summed E-state index contributed by atoms with van der Waals surface area (Å²) in [6.07, 6.45) is 1.85. The fraction of sp³-hybridized carbons (Fsp3) is 0.438. The molecule has 5 heteroatoms.